The Morgan fingerprint density at radius 2 is 1.81 bits per heavy atom. The van der Waals surface area contributed by atoms with Crippen LogP contribution in [-0.4, -0.2) is 70.2 Å². The van der Waals surface area contributed by atoms with Crippen molar-refractivity contribution in [1.29, 1.82) is 0 Å². The summed E-state index contributed by atoms with van der Waals surface area (Å²) in [4.78, 5) is 2.37. The molecule has 1 aliphatic carbocycles. The summed E-state index contributed by atoms with van der Waals surface area (Å²) in [6.07, 6.45) is 2.64. The van der Waals surface area contributed by atoms with Crippen LogP contribution in [0.15, 0.2) is 0 Å². The normalized spacial score (nSPS) is 34.6. The monoisotopic (exact) mass is 300 g/mol. The molecule has 3 atom stereocenters. The van der Waals surface area contributed by atoms with E-state index in [9.17, 15) is 0 Å². The highest BCUT2D eigenvalue weighted by Crippen LogP contribution is 2.57. The molecule has 1 saturated heterocycles. The zero-order valence-corrected chi connectivity index (χ0v) is 14.1. The zero-order chi connectivity index (χ0) is 15.5. The van der Waals surface area contributed by atoms with Crippen molar-refractivity contribution in [3.8, 4) is 0 Å². The topological polar surface area (TPSA) is 57.0 Å². The fourth-order valence-corrected chi connectivity index (χ4v) is 4.07. The van der Waals surface area contributed by atoms with Gasteiger partial charge in [-0.3, -0.25) is 4.90 Å². The van der Waals surface area contributed by atoms with Gasteiger partial charge in [-0.15, -0.1) is 0 Å². The highest BCUT2D eigenvalue weighted by atomic mass is 16.5. The summed E-state index contributed by atoms with van der Waals surface area (Å²) in [7, 11) is 3.48. The molecule has 3 unspecified atom stereocenters. The molecule has 2 aliphatic rings. The first-order valence-corrected chi connectivity index (χ1v) is 8.08. The molecule has 1 aliphatic heterocycles. The predicted octanol–water partition coefficient (Wildman–Crippen LogP) is 1.11. The number of nitrogens with zero attached hydrogens (tertiary/aromatic N) is 1. The van der Waals surface area contributed by atoms with Crippen LogP contribution in [0.2, 0.25) is 0 Å². The molecule has 2 N–H and O–H groups in total. The lowest BCUT2D eigenvalue weighted by molar-refractivity contribution is -0.232. The molecule has 1 heterocycles. The summed E-state index contributed by atoms with van der Waals surface area (Å²) in [5, 5.41) is 0. The first-order chi connectivity index (χ1) is 9.97. The van der Waals surface area contributed by atoms with E-state index >= 15 is 0 Å². The van der Waals surface area contributed by atoms with Gasteiger partial charge in [-0.25, -0.2) is 0 Å². The number of hydrogen-bond donors (Lipinski definition) is 1. The Morgan fingerprint density at radius 1 is 1.19 bits per heavy atom. The Kier molecular flexibility index (Phi) is 5.65. The third-order valence-corrected chi connectivity index (χ3v) is 5.60. The van der Waals surface area contributed by atoms with Crippen LogP contribution >= 0.6 is 0 Å². The fraction of sp³-hybridized carbons (Fsp3) is 1.00. The van der Waals surface area contributed by atoms with E-state index in [1.807, 2.05) is 0 Å². The minimum atomic E-state index is -0.181. The van der Waals surface area contributed by atoms with E-state index in [1.165, 1.54) is 6.42 Å². The Labute approximate surface area is 129 Å². The third kappa shape index (κ3) is 3.13. The molecule has 0 aromatic carbocycles. The minimum absolute atomic E-state index is 0.0243. The average Bonchev–Trinajstić information content (AvgIpc) is 2.49. The number of fused-ring (bicyclic) bond motifs is 1. The molecule has 1 saturated carbocycles. The van der Waals surface area contributed by atoms with Crippen LogP contribution in [-0.2, 0) is 14.2 Å². The molecule has 0 aromatic rings. The first kappa shape index (κ1) is 17.2. The molecule has 5 heteroatoms. The molecule has 2 rings (SSSR count). The number of nitrogens with two attached hydrogens (primary N) is 1. The Bertz CT molecular complexity index is 329. The van der Waals surface area contributed by atoms with Gasteiger partial charge in [0.25, 0.3) is 0 Å². The van der Waals surface area contributed by atoms with Gasteiger partial charge in [0.2, 0.25) is 0 Å². The lowest BCUT2D eigenvalue weighted by atomic mass is 9.46. The molecule has 0 bridgehead atoms. The molecule has 0 radical (unpaired) electrons. The van der Waals surface area contributed by atoms with E-state index < -0.39 is 0 Å². The van der Waals surface area contributed by atoms with E-state index in [0.29, 0.717) is 12.0 Å². The molecule has 124 valence electrons. The number of hydrogen-bond acceptors (Lipinski definition) is 5. The highest BCUT2D eigenvalue weighted by Gasteiger charge is 2.66. The van der Waals surface area contributed by atoms with E-state index in [0.717, 1.165) is 45.9 Å². The summed E-state index contributed by atoms with van der Waals surface area (Å²) in [6.45, 7) is 9.53. The molecule has 0 amide bonds. The second-order valence-electron chi connectivity index (χ2n) is 7.06. The average molecular weight is 300 g/mol. The van der Waals surface area contributed by atoms with Gasteiger partial charge >= 0.3 is 0 Å². The Balaban J connectivity index is 2.02. The lowest BCUT2D eigenvalue weighted by Gasteiger charge is -2.67. The van der Waals surface area contributed by atoms with E-state index in [1.54, 1.807) is 14.2 Å². The molecule has 5 nitrogen and oxygen atoms in total. The van der Waals surface area contributed by atoms with Crippen molar-refractivity contribution >= 4 is 0 Å². The van der Waals surface area contributed by atoms with Gasteiger partial charge in [-0.05, 0) is 12.8 Å². The summed E-state index contributed by atoms with van der Waals surface area (Å²) in [5.41, 5.74) is 6.72. The molecule has 0 spiro atoms. The second-order valence-corrected chi connectivity index (χ2v) is 7.06. The molecular formula is C16H32N2O3. The van der Waals surface area contributed by atoms with Crippen molar-refractivity contribution < 1.29 is 14.2 Å². The van der Waals surface area contributed by atoms with Gasteiger partial charge in [0.05, 0.1) is 19.3 Å². The number of methoxy groups -OCH3 is 2. The van der Waals surface area contributed by atoms with Crippen LogP contribution in [0.25, 0.3) is 0 Å². The summed E-state index contributed by atoms with van der Waals surface area (Å²) in [5.74, 6) is 0.480. The zero-order valence-electron chi connectivity index (χ0n) is 14.1. The van der Waals surface area contributed by atoms with Crippen molar-refractivity contribution in [2.24, 2.45) is 17.1 Å². The van der Waals surface area contributed by atoms with Crippen LogP contribution in [0.5, 0.6) is 0 Å². The van der Waals surface area contributed by atoms with Gasteiger partial charge in [0.1, 0.15) is 0 Å². The third-order valence-electron chi connectivity index (χ3n) is 5.60. The van der Waals surface area contributed by atoms with Crippen molar-refractivity contribution in [3.63, 3.8) is 0 Å². The summed E-state index contributed by atoms with van der Waals surface area (Å²) >= 11 is 0. The van der Waals surface area contributed by atoms with Crippen molar-refractivity contribution in [2.75, 3.05) is 53.7 Å². The summed E-state index contributed by atoms with van der Waals surface area (Å²) in [6, 6.07) is 0. The predicted molar refractivity (Wildman–Crippen MR) is 83.4 cm³/mol. The van der Waals surface area contributed by atoms with Crippen molar-refractivity contribution in [1.82, 2.24) is 4.90 Å². The van der Waals surface area contributed by atoms with Gasteiger partial charge in [-0.1, -0.05) is 13.8 Å². The lowest BCUT2D eigenvalue weighted by Crippen LogP contribution is -2.80. The standard InChI is InChI=1S/C16H32N2O3/c1-15(2)14-13(6-5-9-21-14)16(15,17)12-18(7-10-19-3)8-11-20-4/h13-14H,5-12,17H2,1-4H3. The number of ether oxygens (including phenoxy) is 3. The minimum Gasteiger partial charge on any atom is -0.383 e. The van der Waals surface area contributed by atoms with Crippen molar-refractivity contribution in [3.05, 3.63) is 0 Å². The van der Waals surface area contributed by atoms with E-state index in [4.69, 9.17) is 19.9 Å². The SMILES string of the molecule is COCCN(CCOC)CC1(N)C2CCCOC2C1(C)C. The maximum Gasteiger partial charge on any atom is 0.0690 e. The first-order valence-electron chi connectivity index (χ1n) is 8.08. The molecule has 2 fully saturated rings. The van der Waals surface area contributed by atoms with Gasteiger partial charge in [-0.2, -0.15) is 0 Å². The smallest absolute Gasteiger partial charge is 0.0690 e. The fourth-order valence-electron chi connectivity index (χ4n) is 4.07. The van der Waals surface area contributed by atoms with E-state index in [-0.39, 0.29) is 11.0 Å². The number of rotatable bonds is 8. The molecule has 21 heavy (non-hydrogen) atoms. The van der Waals surface area contributed by atoms with Gasteiger partial charge in [0.15, 0.2) is 0 Å². The van der Waals surface area contributed by atoms with Crippen LogP contribution < -0.4 is 5.73 Å². The highest BCUT2D eigenvalue weighted by molar-refractivity contribution is 5.20. The Morgan fingerprint density at radius 3 is 2.38 bits per heavy atom. The summed E-state index contributed by atoms with van der Waals surface area (Å²) < 4.78 is 16.4. The van der Waals surface area contributed by atoms with Crippen LogP contribution in [0.1, 0.15) is 26.7 Å². The van der Waals surface area contributed by atoms with Crippen LogP contribution in [0, 0.1) is 11.3 Å². The van der Waals surface area contributed by atoms with Crippen LogP contribution in [0.4, 0.5) is 0 Å². The maximum atomic E-state index is 6.88. The largest absolute Gasteiger partial charge is 0.383 e. The molecule has 0 aromatic heterocycles. The molecular weight excluding hydrogens is 268 g/mol. The quantitative estimate of drug-likeness (QED) is 0.728. The van der Waals surface area contributed by atoms with Gasteiger partial charge in [0, 0.05) is 57.3 Å². The Hall–Kier alpha value is -0.200. The maximum absolute atomic E-state index is 6.88. The van der Waals surface area contributed by atoms with Crippen molar-refractivity contribution in [2.45, 2.75) is 38.3 Å². The van der Waals surface area contributed by atoms with Gasteiger partial charge < -0.3 is 19.9 Å². The second kappa shape index (κ2) is 6.92. The van der Waals surface area contributed by atoms with E-state index in [2.05, 4.69) is 18.7 Å². The van der Waals surface area contributed by atoms with Crippen LogP contribution in [0.3, 0.4) is 0 Å².